The molecule has 1 amide bonds. The number of rotatable bonds is 3. The van der Waals surface area contributed by atoms with Gasteiger partial charge >= 0.3 is 0 Å². The third kappa shape index (κ3) is 3.56. The van der Waals surface area contributed by atoms with Crippen LogP contribution >= 0.6 is 35.6 Å². The fraction of sp³-hybridized carbons (Fsp3) is 0. The first-order valence-corrected chi connectivity index (χ1v) is 9.51. The Balaban J connectivity index is 1.61. The number of benzene rings is 2. The van der Waals surface area contributed by atoms with Crippen molar-refractivity contribution in [2.24, 2.45) is 0 Å². The Morgan fingerprint density at radius 1 is 1.11 bits per heavy atom. The van der Waals surface area contributed by atoms with Crippen LogP contribution in [0, 0.1) is 5.82 Å². The molecule has 0 saturated carbocycles. The molecule has 1 aromatic heterocycles. The van der Waals surface area contributed by atoms with E-state index in [1.54, 1.807) is 24.3 Å². The van der Waals surface area contributed by atoms with Crippen molar-refractivity contribution >= 4 is 57.6 Å². The quantitative estimate of drug-likeness (QED) is 0.379. The largest absolute Gasteiger partial charge is 0.457 e. The molecule has 134 valence electrons. The first-order chi connectivity index (χ1) is 13.0. The number of hydrogen-bond donors (Lipinski definition) is 0. The molecule has 1 saturated heterocycles. The van der Waals surface area contributed by atoms with Crippen LogP contribution < -0.4 is 4.90 Å². The zero-order valence-corrected chi connectivity index (χ0v) is 16.1. The zero-order valence-electron chi connectivity index (χ0n) is 13.7. The monoisotopic (exact) mass is 415 g/mol. The van der Waals surface area contributed by atoms with E-state index in [-0.39, 0.29) is 10.9 Å². The molecule has 0 bridgehead atoms. The molecule has 0 radical (unpaired) electrons. The third-order valence-electron chi connectivity index (χ3n) is 3.91. The lowest BCUT2D eigenvalue weighted by Gasteiger charge is -2.13. The van der Waals surface area contributed by atoms with Gasteiger partial charge in [-0.1, -0.05) is 53.8 Å². The van der Waals surface area contributed by atoms with Crippen molar-refractivity contribution in [2.45, 2.75) is 0 Å². The normalized spacial score (nSPS) is 15.8. The van der Waals surface area contributed by atoms with Crippen LogP contribution in [0.25, 0.3) is 17.4 Å². The molecular formula is C20H11ClFNO2S2. The van der Waals surface area contributed by atoms with Crippen molar-refractivity contribution in [3.63, 3.8) is 0 Å². The first kappa shape index (κ1) is 18.0. The Labute approximate surface area is 169 Å². The van der Waals surface area contributed by atoms with Gasteiger partial charge in [0.25, 0.3) is 5.91 Å². The van der Waals surface area contributed by atoms with Gasteiger partial charge in [0.05, 0.1) is 15.6 Å². The van der Waals surface area contributed by atoms with Crippen LogP contribution in [0.3, 0.4) is 0 Å². The van der Waals surface area contributed by atoms with Gasteiger partial charge < -0.3 is 4.42 Å². The molecule has 3 aromatic rings. The highest BCUT2D eigenvalue weighted by Crippen LogP contribution is 2.36. The van der Waals surface area contributed by atoms with Crippen LogP contribution in [-0.4, -0.2) is 10.2 Å². The highest BCUT2D eigenvalue weighted by Gasteiger charge is 2.33. The average molecular weight is 416 g/mol. The summed E-state index contributed by atoms with van der Waals surface area (Å²) in [6, 6.07) is 17.1. The van der Waals surface area contributed by atoms with Gasteiger partial charge in [0, 0.05) is 11.6 Å². The fourth-order valence-corrected chi connectivity index (χ4v) is 4.09. The fourth-order valence-electron chi connectivity index (χ4n) is 2.63. The molecule has 0 spiro atoms. The number of para-hydroxylation sites is 1. The number of carbonyl (C=O) groups is 1. The van der Waals surface area contributed by atoms with Crippen molar-refractivity contribution in [1.82, 2.24) is 0 Å². The summed E-state index contributed by atoms with van der Waals surface area (Å²) in [5.74, 6) is 0.344. The summed E-state index contributed by atoms with van der Waals surface area (Å²) in [6.45, 7) is 0. The number of amides is 1. The minimum absolute atomic E-state index is 0.0224. The number of anilines is 1. The molecule has 1 aliphatic heterocycles. The van der Waals surface area contributed by atoms with Crippen LogP contribution in [0.4, 0.5) is 10.1 Å². The Kier molecular flexibility index (Phi) is 4.86. The number of thioether (sulfide) groups is 1. The number of carbonyl (C=O) groups excluding carboxylic acids is 1. The van der Waals surface area contributed by atoms with Gasteiger partial charge in [-0.25, -0.2) is 4.39 Å². The van der Waals surface area contributed by atoms with Gasteiger partial charge in [0.1, 0.15) is 17.3 Å². The molecule has 2 heterocycles. The molecule has 0 aliphatic carbocycles. The van der Waals surface area contributed by atoms with Crippen molar-refractivity contribution in [3.8, 4) is 11.3 Å². The molecule has 0 N–H and O–H groups in total. The van der Waals surface area contributed by atoms with E-state index >= 15 is 0 Å². The smallest absolute Gasteiger partial charge is 0.270 e. The van der Waals surface area contributed by atoms with E-state index in [9.17, 15) is 9.18 Å². The first-order valence-electron chi connectivity index (χ1n) is 7.91. The Bertz CT molecular complexity index is 1080. The Hall–Kier alpha value is -2.41. The average Bonchev–Trinajstić information content (AvgIpc) is 3.23. The maximum Gasteiger partial charge on any atom is 0.270 e. The van der Waals surface area contributed by atoms with Gasteiger partial charge in [-0.2, -0.15) is 0 Å². The van der Waals surface area contributed by atoms with Gasteiger partial charge in [-0.15, -0.1) is 0 Å². The lowest BCUT2D eigenvalue weighted by atomic mass is 10.2. The molecule has 0 atom stereocenters. The predicted molar refractivity (Wildman–Crippen MR) is 111 cm³/mol. The molecule has 4 rings (SSSR count). The molecular weight excluding hydrogens is 405 g/mol. The van der Waals surface area contributed by atoms with Gasteiger partial charge in [0.15, 0.2) is 4.32 Å². The highest BCUT2D eigenvalue weighted by atomic mass is 35.5. The molecule has 27 heavy (non-hydrogen) atoms. The summed E-state index contributed by atoms with van der Waals surface area (Å²) in [5, 5.41) is 0.0224. The van der Waals surface area contributed by atoms with Crippen LogP contribution in [0.5, 0.6) is 0 Å². The highest BCUT2D eigenvalue weighted by molar-refractivity contribution is 8.27. The summed E-state index contributed by atoms with van der Waals surface area (Å²) in [6.07, 6.45) is 1.65. The second-order valence-corrected chi connectivity index (χ2v) is 7.77. The zero-order chi connectivity index (χ0) is 19.0. The van der Waals surface area contributed by atoms with Crippen LogP contribution in [-0.2, 0) is 4.79 Å². The molecule has 0 unspecified atom stereocenters. The lowest BCUT2D eigenvalue weighted by molar-refractivity contribution is -0.113. The minimum atomic E-state index is -0.489. The maximum atomic E-state index is 13.3. The number of nitrogens with zero attached hydrogens (tertiary/aromatic N) is 1. The van der Waals surface area contributed by atoms with Gasteiger partial charge in [0.2, 0.25) is 0 Å². The predicted octanol–water partition coefficient (Wildman–Crippen LogP) is 6.14. The van der Waals surface area contributed by atoms with E-state index in [4.69, 9.17) is 28.2 Å². The Morgan fingerprint density at radius 2 is 1.89 bits per heavy atom. The Morgan fingerprint density at radius 3 is 2.63 bits per heavy atom. The number of furan rings is 1. The van der Waals surface area contributed by atoms with E-state index in [1.165, 1.54) is 28.8 Å². The van der Waals surface area contributed by atoms with Crippen molar-refractivity contribution < 1.29 is 13.6 Å². The van der Waals surface area contributed by atoms with Gasteiger partial charge in [-0.05, 0) is 42.5 Å². The van der Waals surface area contributed by atoms with E-state index in [0.29, 0.717) is 26.3 Å². The number of hydrogen-bond acceptors (Lipinski definition) is 4. The molecule has 1 aliphatic rings. The standard InChI is InChI=1S/C20H11ClFNO2S2/c21-15-10-12(6-8-16(15)22)17-9-7-14(25-17)11-18-19(24)23(20(26)27-18)13-4-2-1-3-5-13/h1-11H. The number of thiocarbonyl (C=S) groups is 1. The SMILES string of the molecule is O=C1C(=Cc2ccc(-c3ccc(F)c(Cl)c3)o2)SC(=S)N1c1ccccc1. The lowest BCUT2D eigenvalue weighted by Crippen LogP contribution is -2.27. The van der Waals surface area contributed by atoms with Crippen molar-refractivity contribution in [1.29, 1.82) is 0 Å². The summed E-state index contributed by atoms with van der Waals surface area (Å²) in [5.41, 5.74) is 1.38. The molecule has 2 aromatic carbocycles. The summed E-state index contributed by atoms with van der Waals surface area (Å²) < 4.78 is 19.6. The van der Waals surface area contributed by atoms with E-state index in [2.05, 4.69) is 0 Å². The van der Waals surface area contributed by atoms with Crippen LogP contribution in [0.1, 0.15) is 5.76 Å². The molecule has 7 heteroatoms. The topological polar surface area (TPSA) is 33.5 Å². The third-order valence-corrected chi connectivity index (χ3v) is 5.50. The minimum Gasteiger partial charge on any atom is -0.457 e. The summed E-state index contributed by atoms with van der Waals surface area (Å²) >= 11 is 12.4. The van der Waals surface area contributed by atoms with E-state index in [0.717, 1.165) is 5.69 Å². The van der Waals surface area contributed by atoms with Crippen molar-refractivity contribution in [2.75, 3.05) is 4.90 Å². The molecule has 3 nitrogen and oxygen atoms in total. The summed E-state index contributed by atoms with van der Waals surface area (Å²) in [7, 11) is 0. The number of halogens is 2. The maximum absolute atomic E-state index is 13.3. The van der Waals surface area contributed by atoms with E-state index in [1.807, 2.05) is 30.3 Å². The second kappa shape index (κ2) is 7.31. The van der Waals surface area contributed by atoms with Crippen molar-refractivity contribution in [3.05, 3.63) is 82.2 Å². The van der Waals surface area contributed by atoms with Crippen LogP contribution in [0.2, 0.25) is 5.02 Å². The van der Waals surface area contributed by atoms with Crippen LogP contribution in [0.15, 0.2) is 70.0 Å². The second-order valence-electron chi connectivity index (χ2n) is 5.68. The van der Waals surface area contributed by atoms with Gasteiger partial charge in [-0.3, -0.25) is 9.69 Å². The van der Waals surface area contributed by atoms with E-state index < -0.39 is 5.82 Å². The summed E-state index contributed by atoms with van der Waals surface area (Å²) in [4.78, 5) is 14.7. The molecule has 1 fully saturated rings.